The van der Waals surface area contributed by atoms with Crippen molar-refractivity contribution in [1.82, 2.24) is 14.9 Å². The topological polar surface area (TPSA) is 49.0 Å². The highest BCUT2D eigenvalue weighted by atomic mass is 79.9. The van der Waals surface area contributed by atoms with E-state index in [0.29, 0.717) is 11.9 Å². The summed E-state index contributed by atoms with van der Waals surface area (Å²) in [6, 6.07) is 0. The molecule has 0 fully saturated rings. The van der Waals surface area contributed by atoms with Crippen LogP contribution in [0.2, 0.25) is 0 Å². The van der Waals surface area contributed by atoms with Crippen LogP contribution in [0.4, 0.5) is 0 Å². The molecular weight excluding hydrogens is 222 g/mol. The van der Waals surface area contributed by atoms with Crippen LogP contribution < -0.4 is 0 Å². The van der Waals surface area contributed by atoms with Gasteiger partial charge in [-0.2, -0.15) is 0 Å². The lowest BCUT2D eigenvalue weighted by Gasteiger charge is -2.13. The van der Waals surface area contributed by atoms with Gasteiger partial charge in [0.2, 0.25) is 5.91 Å². The fraction of sp³-hybridized carbons (Fsp3) is 0.429. The summed E-state index contributed by atoms with van der Waals surface area (Å²) in [5.41, 5.74) is 0. The summed E-state index contributed by atoms with van der Waals surface area (Å²) in [5, 5.41) is 0.351. The van der Waals surface area contributed by atoms with Gasteiger partial charge in [0, 0.05) is 19.4 Å². The van der Waals surface area contributed by atoms with Crippen molar-refractivity contribution in [3.63, 3.8) is 0 Å². The van der Waals surface area contributed by atoms with Crippen LogP contribution in [-0.2, 0) is 11.3 Å². The molecule has 12 heavy (non-hydrogen) atoms. The number of rotatable bonds is 3. The Kier molecular flexibility index (Phi) is 3.28. The van der Waals surface area contributed by atoms with E-state index in [1.807, 2.05) is 0 Å². The van der Waals surface area contributed by atoms with Gasteiger partial charge in [-0.15, -0.1) is 0 Å². The van der Waals surface area contributed by atoms with Crippen molar-refractivity contribution in [3.8, 4) is 0 Å². The molecule has 1 amide bonds. The lowest BCUT2D eigenvalue weighted by atomic mass is 10.5. The Labute approximate surface area is 79.1 Å². The van der Waals surface area contributed by atoms with Crippen molar-refractivity contribution >= 4 is 21.8 Å². The Morgan fingerprint density at radius 2 is 2.58 bits per heavy atom. The molecule has 0 bridgehead atoms. The summed E-state index contributed by atoms with van der Waals surface area (Å²) >= 11 is 3.10. The number of carbonyl (C=O) groups is 1. The van der Waals surface area contributed by atoms with Crippen LogP contribution in [-0.4, -0.2) is 33.2 Å². The zero-order chi connectivity index (χ0) is 8.97. The molecule has 0 saturated heterocycles. The Morgan fingerprint density at radius 1 is 1.83 bits per heavy atom. The molecule has 1 aromatic heterocycles. The van der Waals surface area contributed by atoms with Crippen molar-refractivity contribution < 1.29 is 4.79 Å². The van der Waals surface area contributed by atoms with Crippen molar-refractivity contribution in [2.45, 2.75) is 6.54 Å². The number of amides is 1. The molecule has 1 heterocycles. The van der Waals surface area contributed by atoms with Crippen LogP contribution in [0, 0.1) is 0 Å². The van der Waals surface area contributed by atoms with E-state index in [-0.39, 0.29) is 5.91 Å². The van der Waals surface area contributed by atoms with Gasteiger partial charge in [-0.25, -0.2) is 4.98 Å². The van der Waals surface area contributed by atoms with Crippen LogP contribution in [0.25, 0.3) is 0 Å². The summed E-state index contributed by atoms with van der Waals surface area (Å²) in [7, 11) is 1.74. The zero-order valence-electron chi connectivity index (χ0n) is 6.75. The molecule has 1 N–H and O–H groups in total. The van der Waals surface area contributed by atoms with Gasteiger partial charge in [0.25, 0.3) is 0 Å². The maximum absolute atomic E-state index is 11.1. The third kappa shape index (κ3) is 2.34. The Hall–Kier alpha value is -0.840. The van der Waals surface area contributed by atoms with Crippen molar-refractivity contribution in [1.29, 1.82) is 0 Å². The molecule has 0 atom stereocenters. The van der Waals surface area contributed by atoms with Gasteiger partial charge < -0.3 is 9.88 Å². The average molecular weight is 232 g/mol. The summed E-state index contributed by atoms with van der Waals surface area (Å²) in [6.07, 6.45) is 3.41. The maximum Gasteiger partial charge on any atom is 0.233 e. The predicted octanol–water partition coefficient (Wildman–Crippen LogP) is 0.763. The van der Waals surface area contributed by atoms with Crippen molar-refractivity contribution in [2.75, 3.05) is 12.4 Å². The zero-order valence-corrected chi connectivity index (χ0v) is 8.34. The van der Waals surface area contributed by atoms with Crippen LogP contribution in [0.15, 0.2) is 12.4 Å². The second kappa shape index (κ2) is 4.25. The first-order chi connectivity index (χ1) is 5.74. The van der Waals surface area contributed by atoms with Gasteiger partial charge in [-0.05, 0) is 0 Å². The van der Waals surface area contributed by atoms with Gasteiger partial charge >= 0.3 is 0 Å². The summed E-state index contributed by atoms with van der Waals surface area (Å²) < 4.78 is 0. The van der Waals surface area contributed by atoms with Crippen LogP contribution in [0.5, 0.6) is 0 Å². The summed E-state index contributed by atoms with van der Waals surface area (Å²) in [6.45, 7) is 0.525. The van der Waals surface area contributed by atoms with Gasteiger partial charge in [0.1, 0.15) is 5.82 Å². The molecule has 66 valence electrons. The number of nitrogens with one attached hydrogen (secondary N) is 1. The van der Waals surface area contributed by atoms with Crippen LogP contribution >= 0.6 is 15.9 Å². The molecule has 0 unspecified atom stereocenters. The lowest BCUT2D eigenvalue weighted by molar-refractivity contribution is -0.127. The number of hydrogen-bond acceptors (Lipinski definition) is 2. The highest BCUT2D eigenvalue weighted by molar-refractivity contribution is 9.09. The number of H-pyrrole nitrogens is 1. The van der Waals surface area contributed by atoms with Gasteiger partial charge in [0.05, 0.1) is 11.9 Å². The number of carbonyl (C=O) groups excluding carboxylic acids is 1. The first kappa shape index (κ1) is 9.25. The van der Waals surface area contributed by atoms with E-state index >= 15 is 0 Å². The number of alkyl halides is 1. The second-order valence-corrected chi connectivity index (χ2v) is 2.98. The molecule has 0 aliphatic rings. The SMILES string of the molecule is CN(Cc1ncc[nH]1)C(=O)CBr. The molecule has 1 rings (SSSR count). The number of nitrogens with zero attached hydrogens (tertiary/aromatic N) is 2. The van der Waals surface area contributed by atoms with Gasteiger partial charge in [0.15, 0.2) is 0 Å². The molecule has 0 aliphatic carbocycles. The fourth-order valence-electron chi connectivity index (χ4n) is 0.799. The smallest absolute Gasteiger partial charge is 0.233 e. The monoisotopic (exact) mass is 231 g/mol. The first-order valence-corrected chi connectivity index (χ1v) is 4.64. The number of halogens is 1. The van der Waals surface area contributed by atoms with E-state index in [9.17, 15) is 4.79 Å². The van der Waals surface area contributed by atoms with E-state index in [1.165, 1.54) is 0 Å². The van der Waals surface area contributed by atoms with E-state index in [0.717, 1.165) is 5.82 Å². The van der Waals surface area contributed by atoms with Crippen LogP contribution in [0.3, 0.4) is 0 Å². The van der Waals surface area contributed by atoms with E-state index in [1.54, 1.807) is 24.3 Å². The Balaban J connectivity index is 2.47. The van der Waals surface area contributed by atoms with E-state index in [2.05, 4.69) is 25.9 Å². The molecule has 0 aliphatic heterocycles. The first-order valence-electron chi connectivity index (χ1n) is 3.52. The molecule has 0 radical (unpaired) electrons. The highest BCUT2D eigenvalue weighted by Gasteiger charge is 2.07. The molecule has 0 saturated carbocycles. The minimum absolute atomic E-state index is 0.0476. The van der Waals surface area contributed by atoms with Crippen LogP contribution in [0.1, 0.15) is 5.82 Å². The minimum atomic E-state index is 0.0476. The average Bonchev–Trinajstić information content (AvgIpc) is 2.55. The van der Waals surface area contributed by atoms with Gasteiger partial charge in [-0.1, -0.05) is 15.9 Å². The molecule has 5 heteroatoms. The molecule has 0 spiro atoms. The van der Waals surface area contributed by atoms with Crippen molar-refractivity contribution in [2.24, 2.45) is 0 Å². The second-order valence-electron chi connectivity index (χ2n) is 2.42. The molecule has 0 aromatic carbocycles. The number of imidazole rings is 1. The predicted molar refractivity (Wildman–Crippen MR) is 48.9 cm³/mol. The van der Waals surface area contributed by atoms with Gasteiger partial charge in [-0.3, -0.25) is 4.79 Å². The maximum atomic E-state index is 11.1. The highest BCUT2D eigenvalue weighted by Crippen LogP contribution is 1.97. The number of hydrogen-bond donors (Lipinski definition) is 1. The molecular formula is C7H10BrN3O. The third-order valence-corrected chi connectivity index (χ3v) is 1.96. The normalized spacial score (nSPS) is 9.83. The standard InChI is InChI=1S/C7H10BrN3O/c1-11(7(12)4-8)5-6-9-2-3-10-6/h2-3H,4-5H2,1H3,(H,9,10). The lowest BCUT2D eigenvalue weighted by Crippen LogP contribution is -2.27. The molecule has 4 nitrogen and oxygen atoms in total. The fourth-order valence-corrected chi connectivity index (χ4v) is 1.23. The summed E-state index contributed by atoms with van der Waals surface area (Å²) in [5.74, 6) is 0.846. The minimum Gasteiger partial charge on any atom is -0.347 e. The van der Waals surface area contributed by atoms with E-state index < -0.39 is 0 Å². The number of aromatic amines is 1. The van der Waals surface area contributed by atoms with Crippen molar-refractivity contribution in [3.05, 3.63) is 18.2 Å². The Bertz CT molecular complexity index is 247. The number of aromatic nitrogens is 2. The summed E-state index contributed by atoms with van der Waals surface area (Å²) in [4.78, 5) is 19.6. The third-order valence-electron chi connectivity index (χ3n) is 1.48. The van der Waals surface area contributed by atoms with E-state index in [4.69, 9.17) is 0 Å². The largest absolute Gasteiger partial charge is 0.347 e. The quantitative estimate of drug-likeness (QED) is 0.782. The Morgan fingerprint density at radius 3 is 3.08 bits per heavy atom. The molecule has 1 aromatic rings.